The number of hydrogen-bond donors (Lipinski definition) is 2. The number of aryl methyl sites for hydroxylation is 1. The van der Waals surface area contributed by atoms with Crippen molar-refractivity contribution in [3.05, 3.63) is 39.6 Å². The van der Waals surface area contributed by atoms with E-state index in [1.54, 1.807) is 18.3 Å². The van der Waals surface area contributed by atoms with E-state index in [1.165, 1.54) is 0 Å². The van der Waals surface area contributed by atoms with Crippen molar-refractivity contribution < 1.29 is 4.92 Å². The molecule has 3 N–H and O–H groups in total. The minimum Gasteiger partial charge on any atom is -0.360 e. The van der Waals surface area contributed by atoms with Gasteiger partial charge in [0.15, 0.2) is 0 Å². The molecule has 84 valence electrons. The summed E-state index contributed by atoms with van der Waals surface area (Å²) in [6, 6.07) is 3.30. The molecule has 2 aromatic rings. The summed E-state index contributed by atoms with van der Waals surface area (Å²) in [5, 5.41) is 11.6. The van der Waals surface area contributed by atoms with Gasteiger partial charge in [-0.05, 0) is 31.0 Å². The van der Waals surface area contributed by atoms with Crippen LogP contribution < -0.4 is 5.73 Å². The lowest BCUT2D eigenvalue weighted by Crippen LogP contribution is -2.02. The van der Waals surface area contributed by atoms with Crippen molar-refractivity contribution in [2.45, 2.75) is 13.3 Å². The van der Waals surface area contributed by atoms with E-state index in [0.717, 1.165) is 16.6 Å². The summed E-state index contributed by atoms with van der Waals surface area (Å²) < 4.78 is 0. The zero-order valence-electron chi connectivity index (χ0n) is 8.99. The Hall–Kier alpha value is -1.88. The number of aromatic nitrogens is 1. The second-order valence-corrected chi connectivity index (χ2v) is 3.76. The number of aromatic amines is 1. The van der Waals surface area contributed by atoms with Gasteiger partial charge < -0.3 is 10.7 Å². The molecule has 5 nitrogen and oxygen atoms in total. The van der Waals surface area contributed by atoms with Crippen LogP contribution in [0.5, 0.6) is 0 Å². The summed E-state index contributed by atoms with van der Waals surface area (Å²) in [7, 11) is 0. The lowest BCUT2D eigenvalue weighted by atomic mass is 10.1. The zero-order chi connectivity index (χ0) is 11.7. The van der Waals surface area contributed by atoms with Crippen molar-refractivity contribution in [2.24, 2.45) is 5.73 Å². The van der Waals surface area contributed by atoms with Crippen molar-refractivity contribution in [3.63, 3.8) is 0 Å². The maximum atomic E-state index is 10.9. The molecule has 0 unspecified atom stereocenters. The van der Waals surface area contributed by atoms with Crippen LogP contribution in [0.4, 0.5) is 5.69 Å². The average molecular weight is 219 g/mol. The fourth-order valence-corrected chi connectivity index (χ4v) is 1.94. The quantitative estimate of drug-likeness (QED) is 0.610. The SMILES string of the molecule is Cc1ccc([N+](=O)[O-])c2c(CCN)c[nH]c12. The highest BCUT2D eigenvalue weighted by atomic mass is 16.6. The highest BCUT2D eigenvalue weighted by Gasteiger charge is 2.17. The molecule has 1 aromatic carbocycles. The number of nitrogens with zero attached hydrogens (tertiary/aromatic N) is 1. The van der Waals surface area contributed by atoms with Gasteiger partial charge in [-0.2, -0.15) is 0 Å². The fraction of sp³-hybridized carbons (Fsp3) is 0.273. The number of nitro groups is 1. The molecule has 0 fully saturated rings. The molecular formula is C11H13N3O2. The number of fused-ring (bicyclic) bond motifs is 1. The van der Waals surface area contributed by atoms with Crippen LogP contribution in [0, 0.1) is 17.0 Å². The van der Waals surface area contributed by atoms with Gasteiger partial charge in [0.1, 0.15) is 0 Å². The number of benzene rings is 1. The third-order valence-electron chi connectivity index (χ3n) is 2.71. The van der Waals surface area contributed by atoms with Crippen molar-refractivity contribution in [1.82, 2.24) is 4.98 Å². The molecule has 0 atom stereocenters. The number of rotatable bonds is 3. The summed E-state index contributed by atoms with van der Waals surface area (Å²) in [6.45, 7) is 2.41. The predicted molar refractivity (Wildman–Crippen MR) is 62.4 cm³/mol. The number of hydrogen-bond acceptors (Lipinski definition) is 3. The van der Waals surface area contributed by atoms with E-state index in [1.807, 2.05) is 6.92 Å². The van der Waals surface area contributed by atoms with Crippen LogP contribution in [0.3, 0.4) is 0 Å². The van der Waals surface area contributed by atoms with Crippen LogP contribution in [0.15, 0.2) is 18.3 Å². The molecule has 0 saturated heterocycles. The van der Waals surface area contributed by atoms with Gasteiger partial charge in [-0.15, -0.1) is 0 Å². The molecule has 0 radical (unpaired) electrons. The Morgan fingerprint density at radius 1 is 1.50 bits per heavy atom. The number of nitrogens with one attached hydrogen (secondary N) is 1. The van der Waals surface area contributed by atoms with Gasteiger partial charge in [0.2, 0.25) is 0 Å². The molecule has 0 aliphatic rings. The molecule has 1 heterocycles. The Bertz CT molecular complexity index is 545. The summed E-state index contributed by atoms with van der Waals surface area (Å²) >= 11 is 0. The summed E-state index contributed by atoms with van der Waals surface area (Å²) in [6.07, 6.45) is 2.45. The van der Waals surface area contributed by atoms with Gasteiger partial charge in [-0.1, -0.05) is 6.07 Å². The Labute approximate surface area is 92.4 Å². The summed E-state index contributed by atoms with van der Waals surface area (Å²) in [5.74, 6) is 0. The van der Waals surface area contributed by atoms with Gasteiger partial charge in [0, 0.05) is 12.3 Å². The highest BCUT2D eigenvalue weighted by molar-refractivity contribution is 5.94. The van der Waals surface area contributed by atoms with Crippen molar-refractivity contribution in [1.29, 1.82) is 0 Å². The second kappa shape index (κ2) is 3.94. The van der Waals surface area contributed by atoms with E-state index < -0.39 is 0 Å². The number of H-pyrrole nitrogens is 1. The van der Waals surface area contributed by atoms with E-state index in [0.29, 0.717) is 18.4 Å². The van der Waals surface area contributed by atoms with E-state index in [2.05, 4.69) is 4.98 Å². The molecule has 2 rings (SSSR count). The van der Waals surface area contributed by atoms with E-state index in [4.69, 9.17) is 5.73 Å². The number of nitrogens with two attached hydrogens (primary N) is 1. The standard InChI is InChI=1S/C11H13N3O2/c1-7-2-3-9(14(15)16)10-8(4-5-12)6-13-11(7)10/h2-3,6,13H,4-5,12H2,1H3. The number of nitro benzene ring substituents is 1. The molecule has 5 heteroatoms. The Morgan fingerprint density at radius 2 is 2.25 bits per heavy atom. The van der Waals surface area contributed by atoms with Gasteiger partial charge in [-0.25, -0.2) is 0 Å². The maximum Gasteiger partial charge on any atom is 0.279 e. The van der Waals surface area contributed by atoms with Gasteiger partial charge in [-0.3, -0.25) is 10.1 Å². The highest BCUT2D eigenvalue weighted by Crippen LogP contribution is 2.30. The van der Waals surface area contributed by atoms with E-state index >= 15 is 0 Å². The normalized spacial score (nSPS) is 10.9. The Kier molecular flexibility index (Phi) is 2.62. The molecule has 16 heavy (non-hydrogen) atoms. The Balaban J connectivity index is 2.76. The minimum absolute atomic E-state index is 0.144. The first-order valence-corrected chi connectivity index (χ1v) is 5.09. The summed E-state index contributed by atoms with van der Waals surface area (Å²) in [4.78, 5) is 13.7. The van der Waals surface area contributed by atoms with Crippen LogP contribution >= 0.6 is 0 Å². The topological polar surface area (TPSA) is 84.9 Å². The summed E-state index contributed by atoms with van der Waals surface area (Å²) in [5.41, 5.74) is 8.38. The molecule has 0 amide bonds. The van der Waals surface area contributed by atoms with Crippen LogP contribution in [-0.4, -0.2) is 16.5 Å². The monoisotopic (exact) mass is 219 g/mol. The molecule has 1 aromatic heterocycles. The van der Waals surface area contributed by atoms with Crippen molar-refractivity contribution in [3.8, 4) is 0 Å². The van der Waals surface area contributed by atoms with Crippen molar-refractivity contribution >= 4 is 16.6 Å². The molecular weight excluding hydrogens is 206 g/mol. The van der Waals surface area contributed by atoms with E-state index in [-0.39, 0.29) is 10.6 Å². The first-order valence-electron chi connectivity index (χ1n) is 5.09. The minimum atomic E-state index is -0.352. The smallest absolute Gasteiger partial charge is 0.279 e. The first kappa shape index (κ1) is 10.6. The predicted octanol–water partition coefficient (Wildman–Crippen LogP) is 1.89. The Morgan fingerprint density at radius 3 is 2.88 bits per heavy atom. The average Bonchev–Trinajstić information content (AvgIpc) is 2.64. The maximum absolute atomic E-state index is 10.9. The molecule has 0 bridgehead atoms. The lowest BCUT2D eigenvalue weighted by Gasteiger charge is -2.00. The molecule has 0 spiro atoms. The first-order chi connectivity index (χ1) is 7.65. The molecule has 0 saturated carbocycles. The largest absolute Gasteiger partial charge is 0.360 e. The molecule has 0 aliphatic carbocycles. The van der Waals surface area contributed by atoms with Crippen LogP contribution in [0.2, 0.25) is 0 Å². The van der Waals surface area contributed by atoms with Gasteiger partial charge in [0.25, 0.3) is 5.69 Å². The van der Waals surface area contributed by atoms with Crippen LogP contribution in [-0.2, 0) is 6.42 Å². The third kappa shape index (κ3) is 1.55. The zero-order valence-corrected chi connectivity index (χ0v) is 8.99. The van der Waals surface area contributed by atoms with Crippen LogP contribution in [0.1, 0.15) is 11.1 Å². The second-order valence-electron chi connectivity index (χ2n) is 3.76. The van der Waals surface area contributed by atoms with Crippen molar-refractivity contribution in [2.75, 3.05) is 6.54 Å². The third-order valence-corrected chi connectivity index (χ3v) is 2.71. The lowest BCUT2D eigenvalue weighted by molar-refractivity contribution is -0.383. The number of non-ortho nitro benzene ring substituents is 1. The molecule has 0 aliphatic heterocycles. The fourth-order valence-electron chi connectivity index (χ4n) is 1.94. The van der Waals surface area contributed by atoms with E-state index in [9.17, 15) is 10.1 Å². The van der Waals surface area contributed by atoms with Gasteiger partial charge >= 0.3 is 0 Å². The van der Waals surface area contributed by atoms with Gasteiger partial charge in [0.05, 0.1) is 15.8 Å². The van der Waals surface area contributed by atoms with Crippen LogP contribution in [0.25, 0.3) is 10.9 Å².